The van der Waals surface area contributed by atoms with Gasteiger partial charge in [0.1, 0.15) is 24.4 Å². The van der Waals surface area contributed by atoms with Crippen LogP contribution in [0.15, 0.2) is 72.9 Å². The van der Waals surface area contributed by atoms with Crippen LogP contribution in [0.25, 0.3) is 0 Å². The van der Waals surface area contributed by atoms with E-state index in [1.54, 1.807) is 6.08 Å². The molecule has 68 heavy (non-hydrogen) atoms. The average molecular weight is 958 g/mol. The quantitative estimate of drug-likeness (QED) is 0.0149. The number of carbonyl (C=O) groups excluding carboxylic acids is 2. The van der Waals surface area contributed by atoms with E-state index in [1.807, 2.05) is 60.8 Å². The van der Waals surface area contributed by atoms with Gasteiger partial charge in [0.15, 0.2) is 12.4 Å². The van der Waals surface area contributed by atoms with Crippen molar-refractivity contribution in [2.24, 2.45) is 0 Å². The van der Waals surface area contributed by atoms with Crippen molar-refractivity contribution in [2.45, 2.75) is 262 Å². The molecule has 1 rings (SSSR count). The Bertz CT molecular complexity index is 1380. The highest BCUT2D eigenvalue weighted by molar-refractivity contribution is 5.80. The van der Waals surface area contributed by atoms with Gasteiger partial charge in [-0.1, -0.05) is 241 Å². The fourth-order valence-electron chi connectivity index (χ4n) is 8.15. The molecule has 1 aliphatic heterocycles. The molecule has 1 fully saturated rings. The van der Waals surface area contributed by atoms with Gasteiger partial charge in [-0.3, -0.25) is 9.59 Å². The van der Waals surface area contributed by atoms with E-state index in [9.17, 15) is 35.1 Å². The van der Waals surface area contributed by atoms with E-state index in [2.05, 4.69) is 32.2 Å². The van der Waals surface area contributed by atoms with E-state index in [4.69, 9.17) is 14.2 Å². The standard InChI is InChI=1S/C57H99NO10/c1-4-7-10-13-16-19-22-25-26-27-30-33-36-39-42-45-52(62)68-55-54(64)53(63)51(46-59)67-57(55)66-47-48(49(60)43-40-37-34-31-28-23-20-17-14-11-8-5-2)58-56(65)50(61)44-41-38-35-32-29-24-21-18-15-12-9-6-3/h9,12,15,18,21,24,29,32,35,38,40,43,48-51,53-55,57,59-61,63-64H,4-8,10-11,13-14,16-17,19-20,22-23,25-28,30-31,33-34,36-37,39,41-42,44-47H2,1-3H3,(H,58,65)/b12-9+,18-15+,24-21-,32-29-,38-35+,43-40+. The maximum absolute atomic E-state index is 13.3. The van der Waals surface area contributed by atoms with E-state index in [1.165, 1.54) is 116 Å². The predicted octanol–water partition coefficient (Wildman–Crippen LogP) is 11.7. The molecule has 11 heteroatoms. The van der Waals surface area contributed by atoms with Gasteiger partial charge < -0.3 is 45.1 Å². The van der Waals surface area contributed by atoms with E-state index in [-0.39, 0.29) is 19.4 Å². The number of unbranched alkanes of at least 4 members (excludes halogenated alkanes) is 24. The Labute approximate surface area is 413 Å². The van der Waals surface area contributed by atoms with Gasteiger partial charge in [0, 0.05) is 6.42 Å². The Morgan fingerprint density at radius 1 is 0.588 bits per heavy atom. The predicted molar refractivity (Wildman–Crippen MR) is 278 cm³/mol. The Kier molecular flexibility index (Phi) is 42.0. The highest BCUT2D eigenvalue weighted by Crippen LogP contribution is 2.26. The monoisotopic (exact) mass is 958 g/mol. The normalized spacial score (nSPS) is 20.5. The van der Waals surface area contributed by atoms with Crippen LogP contribution in [0.4, 0.5) is 0 Å². The lowest BCUT2D eigenvalue weighted by molar-refractivity contribution is -0.305. The lowest BCUT2D eigenvalue weighted by Gasteiger charge is -2.41. The van der Waals surface area contributed by atoms with Gasteiger partial charge in [0.05, 0.1) is 25.4 Å². The van der Waals surface area contributed by atoms with Gasteiger partial charge in [0.25, 0.3) is 0 Å². The van der Waals surface area contributed by atoms with Crippen molar-refractivity contribution in [2.75, 3.05) is 13.2 Å². The van der Waals surface area contributed by atoms with Crippen LogP contribution in [-0.2, 0) is 23.8 Å². The summed E-state index contributed by atoms with van der Waals surface area (Å²) in [6.07, 6.45) is 45.4. The molecular formula is C57H99NO10. The molecule has 0 aliphatic carbocycles. The molecule has 0 aromatic carbocycles. The highest BCUT2D eigenvalue weighted by atomic mass is 16.7. The number of aliphatic hydroxyl groups is 5. The fraction of sp³-hybridized carbons (Fsp3) is 0.754. The molecule has 1 heterocycles. The summed E-state index contributed by atoms with van der Waals surface area (Å²) < 4.78 is 17.5. The second-order valence-electron chi connectivity index (χ2n) is 18.7. The number of carbonyl (C=O) groups is 2. The topological polar surface area (TPSA) is 175 Å². The number of hydrogen-bond acceptors (Lipinski definition) is 10. The Balaban J connectivity index is 2.80. The number of allylic oxidation sites excluding steroid dienone is 11. The number of esters is 1. The molecule has 8 unspecified atom stereocenters. The molecule has 392 valence electrons. The zero-order valence-electron chi connectivity index (χ0n) is 43.0. The van der Waals surface area contributed by atoms with Crippen molar-refractivity contribution in [3.05, 3.63) is 72.9 Å². The van der Waals surface area contributed by atoms with Crippen molar-refractivity contribution in [3.63, 3.8) is 0 Å². The second kappa shape index (κ2) is 45.3. The lowest BCUT2D eigenvalue weighted by Crippen LogP contribution is -2.61. The third-order valence-corrected chi connectivity index (χ3v) is 12.5. The zero-order valence-corrected chi connectivity index (χ0v) is 43.0. The maximum atomic E-state index is 13.3. The fourth-order valence-corrected chi connectivity index (χ4v) is 8.15. The van der Waals surface area contributed by atoms with Crippen LogP contribution < -0.4 is 5.32 Å². The van der Waals surface area contributed by atoms with Gasteiger partial charge in [-0.2, -0.15) is 0 Å². The van der Waals surface area contributed by atoms with Crippen molar-refractivity contribution in [1.82, 2.24) is 5.32 Å². The SMILES string of the molecule is CC/C=C/C=C/C=C\C=C/C=C/CCC(O)C(=O)NC(COC1OC(CO)C(O)C(O)C1OC(=O)CCCCCCCCCCCCCCCCC)C(O)/C=C/CCCCCCCCCCCC. The summed E-state index contributed by atoms with van der Waals surface area (Å²) >= 11 is 0. The molecule has 8 atom stereocenters. The summed E-state index contributed by atoms with van der Waals surface area (Å²) in [4.78, 5) is 26.3. The molecule has 0 aromatic rings. The van der Waals surface area contributed by atoms with Crippen molar-refractivity contribution >= 4 is 11.9 Å². The summed E-state index contributed by atoms with van der Waals surface area (Å²) in [5.41, 5.74) is 0. The van der Waals surface area contributed by atoms with Crippen LogP contribution in [0, 0.1) is 0 Å². The molecule has 0 radical (unpaired) electrons. The van der Waals surface area contributed by atoms with Gasteiger partial charge in [-0.05, 0) is 38.5 Å². The summed E-state index contributed by atoms with van der Waals surface area (Å²) in [6, 6.07) is -1.06. The first-order valence-electron chi connectivity index (χ1n) is 27.3. The number of rotatable bonds is 44. The van der Waals surface area contributed by atoms with Crippen LogP contribution in [0.3, 0.4) is 0 Å². The molecule has 11 nitrogen and oxygen atoms in total. The highest BCUT2D eigenvalue weighted by Gasteiger charge is 2.47. The van der Waals surface area contributed by atoms with E-state index >= 15 is 0 Å². The molecule has 6 N–H and O–H groups in total. The zero-order chi connectivity index (χ0) is 49.7. The number of amides is 1. The van der Waals surface area contributed by atoms with Crippen LogP contribution in [0.2, 0.25) is 0 Å². The van der Waals surface area contributed by atoms with E-state index < -0.39 is 67.4 Å². The number of nitrogens with one attached hydrogen (secondary N) is 1. The number of ether oxygens (including phenoxy) is 3. The van der Waals surface area contributed by atoms with Gasteiger partial charge in [-0.25, -0.2) is 0 Å². The van der Waals surface area contributed by atoms with Crippen LogP contribution in [0.5, 0.6) is 0 Å². The molecule has 0 spiro atoms. The Morgan fingerprint density at radius 2 is 1.06 bits per heavy atom. The number of aliphatic hydroxyl groups excluding tert-OH is 5. The van der Waals surface area contributed by atoms with Gasteiger partial charge in [0.2, 0.25) is 5.91 Å². The van der Waals surface area contributed by atoms with Crippen molar-refractivity contribution < 1.29 is 49.3 Å². The third-order valence-electron chi connectivity index (χ3n) is 12.5. The third kappa shape index (κ3) is 33.6. The van der Waals surface area contributed by atoms with Crippen LogP contribution in [0.1, 0.15) is 213 Å². The maximum Gasteiger partial charge on any atom is 0.306 e. The second-order valence-corrected chi connectivity index (χ2v) is 18.7. The summed E-state index contributed by atoms with van der Waals surface area (Å²) in [5, 5.41) is 56.5. The van der Waals surface area contributed by atoms with Crippen molar-refractivity contribution in [1.29, 1.82) is 0 Å². The molecule has 1 saturated heterocycles. The Hall–Kier alpha value is -2.90. The molecule has 0 bridgehead atoms. The van der Waals surface area contributed by atoms with E-state index in [0.29, 0.717) is 12.8 Å². The first kappa shape index (κ1) is 63.1. The molecule has 0 aromatic heterocycles. The summed E-state index contributed by atoms with van der Waals surface area (Å²) in [7, 11) is 0. The minimum absolute atomic E-state index is 0.115. The summed E-state index contributed by atoms with van der Waals surface area (Å²) in [5.74, 6) is -1.27. The first-order chi connectivity index (χ1) is 33.2. The van der Waals surface area contributed by atoms with Crippen LogP contribution >= 0.6 is 0 Å². The largest absolute Gasteiger partial charge is 0.454 e. The molecular weight excluding hydrogens is 859 g/mol. The van der Waals surface area contributed by atoms with Crippen LogP contribution in [-0.4, -0.2) is 99.6 Å². The minimum atomic E-state index is -1.62. The molecule has 1 amide bonds. The average Bonchev–Trinajstić information content (AvgIpc) is 3.33. The smallest absolute Gasteiger partial charge is 0.306 e. The van der Waals surface area contributed by atoms with Gasteiger partial charge in [-0.15, -0.1) is 0 Å². The summed E-state index contributed by atoms with van der Waals surface area (Å²) in [6.45, 7) is 5.57. The lowest BCUT2D eigenvalue weighted by atomic mass is 9.99. The molecule has 1 aliphatic rings. The first-order valence-corrected chi connectivity index (χ1v) is 27.3. The molecule has 0 saturated carbocycles. The van der Waals surface area contributed by atoms with Crippen molar-refractivity contribution in [3.8, 4) is 0 Å². The van der Waals surface area contributed by atoms with E-state index in [0.717, 1.165) is 51.4 Å². The number of hydrogen-bond donors (Lipinski definition) is 6. The van der Waals surface area contributed by atoms with Gasteiger partial charge >= 0.3 is 5.97 Å². The Morgan fingerprint density at radius 3 is 1.56 bits per heavy atom. The minimum Gasteiger partial charge on any atom is -0.454 e.